The van der Waals surface area contributed by atoms with E-state index in [1.54, 1.807) is 0 Å². The van der Waals surface area contributed by atoms with Crippen molar-refractivity contribution in [3.63, 3.8) is 0 Å². The van der Waals surface area contributed by atoms with Crippen LogP contribution in [0.2, 0.25) is 0 Å². The SMILES string of the molecule is C/C=C\C=C(/CC)C(C)(CCCCSCCCCC(C)(c1ccccc1)N1C(=S)C=C2SCCC2C1=S)N1C(=S)C=C2SCCC2C1=S. The lowest BCUT2D eigenvalue weighted by molar-refractivity contribution is 0.256. The van der Waals surface area contributed by atoms with Crippen LogP contribution in [-0.4, -0.2) is 58.3 Å². The molecule has 258 valence electrons. The van der Waals surface area contributed by atoms with Crippen LogP contribution in [0.15, 0.2) is 76.1 Å². The Kier molecular flexibility index (Phi) is 14.1. The number of benzene rings is 1. The molecule has 4 atom stereocenters. The molecular formula is C39H50N2S7. The van der Waals surface area contributed by atoms with Crippen LogP contribution in [0.3, 0.4) is 0 Å². The standard InChI is InChI=1S/C39H50N2S7/c1-5-7-15-28(6-2)38(3,40-34(42)26-32-30(36(40)44)18-24-47-32)20-11-13-22-46-23-14-12-21-39(4,29-16-9-8-10-17-29)41-35(43)27-33-31(37(41)45)19-25-48-33/h5,7-10,15-17,26-27,30-31H,6,11-14,18-25H2,1-4H3/b7-5-,28-15+. The van der Waals surface area contributed by atoms with Crippen molar-refractivity contribution in [2.45, 2.75) is 96.6 Å². The molecule has 0 N–H and O–H groups in total. The highest BCUT2D eigenvalue weighted by atomic mass is 32.2. The lowest BCUT2D eigenvalue weighted by Gasteiger charge is -2.47. The van der Waals surface area contributed by atoms with Crippen LogP contribution in [0.4, 0.5) is 0 Å². The van der Waals surface area contributed by atoms with Crippen molar-refractivity contribution >= 4 is 104 Å². The monoisotopic (exact) mass is 770 g/mol. The Hall–Kier alpha value is -0.810. The summed E-state index contributed by atoms with van der Waals surface area (Å²) < 4.78 is 0. The number of thiocarbonyl (C=S) groups is 4. The van der Waals surface area contributed by atoms with E-state index >= 15 is 0 Å². The Morgan fingerprint density at radius 3 is 1.98 bits per heavy atom. The molecule has 1 aromatic carbocycles. The molecular weight excluding hydrogens is 721 g/mol. The third kappa shape index (κ3) is 8.29. The van der Waals surface area contributed by atoms with Crippen molar-refractivity contribution in [1.82, 2.24) is 9.80 Å². The first kappa shape index (κ1) is 38.4. The first-order chi connectivity index (χ1) is 23.2. The number of thioether (sulfide) groups is 3. The van der Waals surface area contributed by atoms with E-state index in [1.165, 1.54) is 45.3 Å². The predicted octanol–water partition coefficient (Wildman–Crippen LogP) is 11.9. The summed E-state index contributed by atoms with van der Waals surface area (Å²) in [5.74, 6) is 5.33. The Labute approximate surface area is 324 Å². The van der Waals surface area contributed by atoms with Crippen LogP contribution in [0.5, 0.6) is 0 Å². The van der Waals surface area contributed by atoms with Crippen molar-refractivity contribution in [1.29, 1.82) is 0 Å². The summed E-state index contributed by atoms with van der Waals surface area (Å²) in [6.45, 7) is 9.08. The Bertz CT molecular complexity index is 1490. The highest BCUT2D eigenvalue weighted by Gasteiger charge is 2.45. The van der Waals surface area contributed by atoms with Gasteiger partial charge in [0.1, 0.15) is 9.98 Å². The molecule has 4 aliphatic rings. The van der Waals surface area contributed by atoms with E-state index in [-0.39, 0.29) is 11.1 Å². The van der Waals surface area contributed by atoms with Gasteiger partial charge in [0.25, 0.3) is 0 Å². The molecule has 5 rings (SSSR count). The summed E-state index contributed by atoms with van der Waals surface area (Å²) in [6.07, 6.45) is 21.0. The van der Waals surface area contributed by atoms with Gasteiger partial charge in [0.15, 0.2) is 0 Å². The average molecular weight is 771 g/mol. The molecule has 2 fully saturated rings. The van der Waals surface area contributed by atoms with Gasteiger partial charge in [-0.1, -0.05) is 104 Å². The van der Waals surface area contributed by atoms with Crippen molar-refractivity contribution in [2.75, 3.05) is 23.0 Å². The minimum Gasteiger partial charge on any atom is -0.317 e. The fourth-order valence-corrected chi connectivity index (χ4v) is 13.5. The van der Waals surface area contributed by atoms with Gasteiger partial charge in [-0.2, -0.15) is 11.8 Å². The molecule has 0 aromatic heterocycles. The molecule has 0 aliphatic carbocycles. The zero-order chi connectivity index (χ0) is 34.3. The summed E-state index contributed by atoms with van der Waals surface area (Å²) in [7, 11) is 0. The number of rotatable bonds is 16. The summed E-state index contributed by atoms with van der Waals surface area (Å²) in [4.78, 5) is 11.3. The topological polar surface area (TPSA) is 6.48 Å². The van der Waals surface area contributed by atoms with E-state index in [0.717, 1.165) is 76.4 Å². The largest absolute Gasteiger partial charge is 0.317 e. The molecule has 4 unspecified atom stereocenters. The molecule has 2 saturated heterocycles. The van der Waals surface area contributed by atoms with Gasteiger partial charge in [-0.05, 0) is 135 Å². The van der Waals surface area contributed by atoms with Crippen molar-refractivity contribution in [3.05, 3.63) is 81.7 Å². The van der Waals surface area contributed by atoms with Crippen molar-refractivity contribution in [2.24, 2.45) is 11.8 Å². The Morgan fingerprint density at radius 2 is 1.40 bits per heavy atom. The number of unbranched alkanes of at least 4 members (excludes halogenated alkanes) is 2. The molecule has 2 nitrogen and oxygen atoms in total. The van der Waals surface area contributed by atoms with Crippen LogP contribution in [0, 0.1) is 11.8 Å². The fourth-order valence-electron chi connectivity index (χ4n) is 7.66. The van der Waals surface area contributed by atoms with Gasteiger partial charge in [-0.15, -0.1) is 23.5 Å². The van der Waals surface area contributed by atoms with E-state index in [4.69, 9.17) is 48.9 Å². The quantitative estimate of drug-likeness (QED) is 0.0913. The van der Waals surface area contributed by atoms with E-state index in [9.17, 15) is 0 Å². The van der Waals surface area contributed by atoms with E-state index in [1.807, 2.05) is 23.5 Å². The third-order valence-corrected chi connectivity index (χ3v) is 15.4. The Balaban J connectivity index is 1.15. The molecule has 0 radical (unpaired) electrons. The maximum atomic E-state index is 6.18. The molecule has 4 aliphatic heterocycles. The number of hydrogen-bond donors (Lipinski definition) is 0. The Morgan fingerprint density at radius 1 is 0.833 bits per heavy atom. The van der Waals surface area contributed by atoms with E-state index in [0.29, 0.717) is 11.8 Å². The van der Waals surface area contributed by atoms with Gasteiger partial charge in [0.2, 0.25) is 0 Å². The number of fused-ring (bicyclic) bond motifs is 2. The predicted molar refractivity (Wildman–Crippen MR) is 232 cm³/mol. The summed E-state index contributed by atoms with van der Waals surface area (Å²) in [5.41, 5.74) is 2.27. The smallest absolute Gasteiger partial charge is 0.108 e. The number of allylic oxidation sites excluding steroid dienone is 3. The van der Waals surface area contributed by atoms with Gasteiger partial charge in [-0.3, -0.25) is 0 Å². The highest BCUT2D eigenvalue weighted by molar-refractivity contribution is 8.03. The molecule has 9 heteroatoms. The first-order valence-corrected chi connectivity index (χ1v) is 22.3. The minimum atomic E-state index is -0.236. The molecule has 0 amide bonds. The minimum absolute atomic E-state index is 0.201. The van der Waals surface area contributed by atoms with Crippen molar-refractivity contribution < 1.29 is 0 Å². The molecule has 0 saturated carbocycles. The highest BCUT2D eigenvalue weighted by Crippen LogP contribution is 2.47. The maximum absolute atomic E-state index is 6.18. The van der Waals surface area contributed by atoms with Crippen LogP contribution in [0.25, 0.3) is 0 Å². The number of nitrogens with zero attached hydrogens (tertiary/aromatic N) is 2. The first-order valence-electron chi connectivity index (χ1n) is 17.6. The van der Waals surface area contributed by atoms with Gasteiger partial charge >= 0.3 is 0 Å². The second kappa shape index (κ2) is 17.6. The average Bonchev–Trinajstić information content (AvgIpc) is 3.75. The van der Waals surface area contributed by atoms with Crippen LogP contribution in [0.1, 0.15) is 91.0 Å². The van der Waals surface area contributed by atoms with Crippen LogP contribution >= 0.6 is 84.2 Å². The molecule has 4 heterocycles. The van der Waals surface area contributed by atoms with Gasteiger partial charge in [-0.25, -0.2) is 0 Å². The summed E-state index contributed by atoms with van der Waals surface area (Å²) >= 11 is 30.3. The van der Waals surface area contributed by atoms with Crippen molar-refractivity contribution in [3.8, 4) is 0 Å². The maximum Gasteiger partial charge on any atom is 0.108 e. The van der Waals surface area contributed by atoms with Gasteiger partial charge < -0.3 is 9.80 Å². The van der Waals surface area contributed by atoms with Crippen LogP contribution in [-0.2, 0) is 5.54 Å². The third-order valence-electron chi connectivity index (χ3n) is 10.4. The second-order valence-corrected chi connectivity index (χ2v) is 18.7. The van der Waals surface area contributed by atoms with Gasteiger partial charge in [0.05, 0.1) is 21.1 Å². The lowest BCUT2D eigenvalue weighted by atomic mass is 9.81. The zero-order valence-electron chi connectivity index (χ0n) is 28.9. The van der Waals surface area contributed by atoms with E-state index in [2.05, 4.69) is 110 Å². The van der Waals surface area contributed by atoms with E-state index < -0.39 is 0 Å². The lowest BCUT2D eigenvalue weighted by Crippen LogP contribution is -2.55. The normalized spacial score (nSPS) is 24.0. The van der Waals surface area contributed by atoms with Crippen LogP contribution < -0.4 is 0 Å². The number of hydrogen-bond acceptors (Lipinski definition) is 7. The summed E-state index contributed by atoms with van der Waals surface area (Å²) in [5, 5.41) is 0. The molecule has 0 bridgehead atoms. The van der Waals surface area contributed by atoms with Gasteiger partial charge in [0, 0.05) is 11.8 Å². The molecule has 1 aromatic rings. The molecule has 48 heavy (non-hydrogen) atoms. The second-order valence-electron chi connectivity index (χ2n) is 13.5. The zero-order valence-corrected chi connectivity index (χ0v) is 34.6. The summed E-state index contributed by atoms with van der Waals surface area (Å²) in [6, 6.07) is 10.9. The molecule has 0 spiro atoms. The fraction of sp³-hybridized carbons (Fsp3) is 0.538.